The second-order valence-electron chi connectivity index (χ2n) is 3.43. The molecule has 0 aliphatic heterocycles. The predicted molar refractivity (Wildman–Crippen MR) is 61.9 cm³/mol. The lowest BCUT2D eigenvalue weighted by molar-refractivity contribution is 0.0603. The van der Waals surface area contributed by atoms with Gasteiger partial charge in [0, 0.05) is 24.1 Å². The van der Waals surface area contributed by atoms with Crippen LogP contribution in [0.5, 0.6) is 0 Å². The molecule has 84 valence electrons. The number of benzene rings is 1. The Morgan fingerprint density at radius 1 is 1.50 bits per heavy atom. The molecule has 1 aromatic heterocycles. The number of ether oxygens (including phenoxy) is 1. The van der Waals surface area contributed by atoms with E-state index in [2.05, 4.69) is 20.7 Å². The van der Waals surface area contributed by atoms with Gasteiger partial charge in [-0.1, -0.05) is 0 Å². The zero-order valence-corrected chi connectivity index (χ0v) is 10.3. The second kappa shape index (κ2) is 3.90. The van der Waals surface area contributed by atoms with Crippen molar-refractivity contribution in [3.8, 4) is 0 Å². The number of fused-ring (bicyclic) bond motifs is 1. The van der Waals surface area contributed by atoms with Gasteiger partial charge in [-0.3, -0.25) is 0 Å². The minimum Gasteiger partial charge on any atom is -0.465 e. The van der Waals surface area contributed by atoms with Crippen molar-refractivity contribution in [3.05, 3.63) is 34.2 Å². The number of aromatic nitrogens is 1. The van der Waals surface area contributed by atoms with E-state index in [0.717, 1.165) is 5.52 Å². The van der Waals surface area contributed by atoms with Gasteiger partial charge >= 0.3 is 5.97 Å². The van der Waals surface area contributed by atoms with Crippen molar-refractivity contribution >= 4 is 32.8 Å². The van der Waals surface area contributed by atoms with Crippen molar-refractivity contribution in [1.29, 1.82) is 0 Å². The summed E-state index contributed by atoms with van der Waals surface area (Å²) in [5, 5.41) is 0.551. The zero-order valence-electron chi connectivity index (χ0n) is 8.75. The van der Waals surface area contributed by atoms with Gasteiger partial charge in [0.15, 0.2) is 0 Å². The summed E-state index contributed by atoms with van der Waals surface area (Å²) < 4.78 is 20.2. The third-order valence-corrected chi connectivity index (χ3v) is 3.04. The Hall–Kier alpha value is -1.36. The smallest absolute Gasteiger partial charge is 0.340 e. The van der Waals surface area contributed by atoms with Gasteiger partial charge in [-0.15, -0.1) is 0 Å². The molecule has 0 fully saturated rings. The fourth-order valence-electron chi connectivity index (χ4n) is 1.65. The first kappa shape index (κ1) is 11.1. The van der Waals surface area contributed by atoms with E-state index in [1.165, 1.54) is 13.2 Å². The molecule has 0 N–H and O–H groups in total. The highest BCUT2D eigenvalue weighted by Crippen LogP contribution is 2.27. The number of methoxy groups -OCH3 is 1. The van der Waals surface area contributed by atoms with E-state index in [-0.39, 0.29) is 0 Å². The standard InChI is InChI=1S/C11H9BrFNO2/c1-14-5-7(11(15)16-2)6-3-9(13)8(12)4-10(6)14/h3-5H,1-2H3. The van der Waals surface area contributed by atoms with Crippen LogP contribution in [0.4, 0.5) is 4.39 Å². The molecule has 1 aromatic carbocycles. The second-order valence-corrected chi connectivity index (χ2v) is 4.28. The Morgan fingerprint density at radius 2 is 2.19 bits per heavy atom. The number of aryl methyl sites for hydroxylation is 1. The van der Waals surface area contributed by atoms with Crippen LogP contribution in [0.15, 0.2) is 22.8 Å². The first-order chi connectivity index (χ1) is 7.54. The summed E-state index contributed by atoms with van der Waals surface area (Å²) in [6.07, 6.45) is 1.63. The first-order valence-electron chi connectivity index (χ1n) is 4.57. The maximum absolute atomic E-state index is 13.4. The van der Waals surface area contributed by atoms with Gasteiger partial charge in [0.05, 0.1) is 17.1 Å². The van der Waals surface area contributed by atoms with Crippen molar-refractivity contribution in [3.63, 3.8) is 0 Å². The van der Waals surface area contributed by atoms with Crippen LogP contribution in [0.1, 0.15) is 10.4 Å². The molecule has 0 atom stereocenters. The number of rotatable bonds is 1. The zero-order chi connectivity index (χ0) is 11.9. The molecule has 2 rings (SSSR count). The molecule has 0 amide bonds. The summed E-state index contributed by atoms with van der Waals surface area (Å²) in [7, 11) is 3.09. The Kier molecular flexibility index (Phi) is 2.71. The number of carbonyl (C=O) groups excluding carboxylic acids is 1. The van der Waals surface area contributed by atoms with E-state index in [1.807, 2.05) is 0 Å². The lowest BCUT2D eigenvalue weighted by atomic mass is 10.2. The summed E-state index contributed by atoms with van der Waals surface area (Å²) >= 11 is 3.11. The third kappa shape index (κ3) is 1.61. The SMILES string of the molecule is COC(=O)c1cn(C)c2cc(Br)c(F)cc12. The molecule has 0 aliphatic carbocycles. The number of esters is 1. The molecular weight excluding hydrogens is 277 g/mol. The maximum atomic E-state index is 13.4. The quantitative estimate of drug-likeness (QED) is 0.755. The van der Waals surface area contributed by atoms with Crippen molar-refractivity contribution in [1.82, 2.24) is 4.57 Å². The van der Waals surface area contributed by atoms with Crippen molar-refractivity contribution in [2.24, 2.45) is 7.05 Å². The largest absolute Gasteiger partial charge is 0.465 e. The monoisotopic (exact) mass is 285 g/mol. The number of halogens is 2. The Balaban J connectivity index is 2.78. The van der Waals surface area contributed by atoms with Gasteiger partial charge in [0.2, 0.25) is 0 Å². The summed E-state index contributed by atoms with van der Waals surface area (Å²) in [5.74, 6) is -0.865. The lowest BCUT2D eigenvalue weighted by Crippen LogP contribution is -1.99. The Bertz CT molecular complexity index is 577. The van der Waals surface area contributed by atoms with Crippen LogP contribution in [-0.4, -0.2) is 17.6 Å². The van der Waals surface area contributed by atoms with E-state index in [1.54, 1.807) is 23.9 Å². The van der Waals surface area contributed by atoms with Crippen LogP contribution in [-0.2, 0) is 11.8 Å². The van der Waals surface area contributed by atoms with E-state index >= 15 is 0 Å². The van der Waals surface area contributed by atoms with Crippen molar-refractivity contribution < 1.29 is 13.9 Å². The van der Waals surface area contributed by atoms with Crippen LogP contribution in [0, 0.1) is 5.82 Å². The molecule has 0 bridgehead atoms. The predicted octanol–water partition coefficient (Wildman–Crippen LogP) is 2.87. The van der Waals surface area contributed by atoms with Gasteiger partial charge in [0.1, 0.15) is 5.82 Å². The van der Waals surface area contributed by atoms with E-state index in [4.69, 9.17) is 0 Å². The van der Waals surface area contributed by atoms with Gasteiger partial charge in [-0.2, -0.15) is 0 Å². The number of hydrogen-bond donors (Lipinski definition) is 0. The van der Waals surface area contributed by atoms with Gasteiger partial charge in [-0.25, -0.2) is 9.18 Å². The molecule has 16 heavy (non-hydrogen) atoms. The summed E-state index contributed by atoms with van der Waals surface area (Å²) in [5.41, 5.74) is 1.14. The molecule has 0 radical (unpaired) electrons. The topological polar surface area (TPSA) is 31.2 Å². The van der Waals surface area contributed by atoms with Crippen LogP contribution in [0.2, 0.25) is 0 Å². The Morgan fingerprint density at radius 3 is 2.81 bits per heavy atom. The fourth-order valence-corrected chi connectivity index (χ4v) is 1.98. The molecule has 5 heteroatoms. The highest BCUT2D eigenvalue weighted by molar-refractivity contribution is 9.10. The number of hydrogen-bond acceptors (Lipinski definition) is 2. The van der Waals surface area contributed by atoms with E-state index in [9.17, 15) is 9.18 Å². The molecule has 0 saturated carbocycles. The minimum atomic E-state index is -0.465. The summed E-state index contributed by atoms with van der Waals surface area (Å²) in [6.45, 7) is 0. The molecule has 2 aromatic rings. The highest BCUT2D eigenvalue weighted by atomic mass is 79.9. The first-order valence-corrected chi connectivity index (χ1v) is 5.36. The van der Waals surface area contributed by atoms with E-state index < -0.39 is 11.8 Å². The van der Waals surface area contributed by atoms with Crippen LogP contribution in [0.3, 0.4) is 0 Å². The summed E-state index contributed by atoms with van der Waals surface area (Å²) in [6, 6.07) is 2.96. The van der Waals surface area contributed by atoms with Crippen LogP contribution >= 0.6 is 15.9 Å². The summed E-state index contributed by atoms with van der Waals surface area (Å²) in [4.78, 5) is 11.5. The molecule has 0 unspecified atom stereocenters. The fraction of sp³-hybridized carbons (Fsp3) is 0.182. The number of nitrogens with zero attached hydrogens (tertiary/aromatic N) is 1. The molecule has 0 saturated heterocycles. The van der Waals surface area contributed by atoms with Crippen LogP contribution < -0.4 is 0 Å². The van der Waals surface area contributed by atoms with Gasteiger partial charge < -0.3 is 9.30 Å². The number of carbonyl (C=O) groups is 1. The van der Waals surface area contributed by atoms with Crippen LogP contribution in [0.25, 0.3) is 10.9 Å². The Labute approximate surface area is 99.9 Å². The highest BCUT2D eigenvalue weighted by Gasteiger charge is 2.16. The van der Waals surface area contributed by atoms with E-state index in [0.29, 0.717) is 15.4 Å². The minimum absolute atomic E-state index is 0.367. The normalized spacial score (nSPS) is 10.8. The molecular formula is C11H9BrFNO2. The average Bonchev–Trinajstić information content (AvgIpc) is 2.56. The van der Waals surface area contributed by atoms with Gasteiger partial charge in [-0.05, 0) is 28.1 Å². The van der Waals surface area contributed by atoms with Crippen molar-refractivity contribution in [2.45, 2.75) is 0 Å². The third-order valence-electron chi connectivity index (χ3n) is 2.44. The lowest BCUT2D eigenvalue weighted by Gasteiger charge is -1.99. The molecule has 0 spiro atoms. The van der Waals surface area contributed by atoms with Crippen molar-refractivity contribution in [2.75, 3.05) is 7.11 Å². The molecule has 1 heterocycles. The molecule has 0 aliphatic rings. The maximum Gasteiger partial charge on any atom is 0.340 e. The van der Waals surface area contributed by atoms with Gasteiger partial charge in [0.25, 0.3) is 0 Å². The average molecular weight is 286 g/mol. The molecule has 3 nitrogen and oxygen atoms in total.